The molecule has 4 nitrogen and oxygen atoms in total. The van der Waals surface area contributed by atoms with Crippen molar-refractivity contribution < 1.29 is 19.7 Å². The van der Waals surface area contributed by atoms with Crippen molar-refractivity contribution in [2.24, 2.45) is 5.92 Å². The third-order valence-corrected chi connectivity index (χ3v) is 2.48. The lowest BCUT2D eigenvalue weighted by Crippen LogP contribution is -2.31. The summed E-state index contributed by atoms with van der Waals surface area (Å²) < 4.78 is 4.66. The van der Waals surface area contributed by atoms with Crippen molar-refractivity contribution in [1.29, 1.82) is 0 Å². The Kier molecular flexibility index (Phi) is 3.69. The fraction of sp³-hybridized carbons (Fsp3) is 0.889. The zero-order valence-corrected chi connectivity index (χ0v) is 7.77. The minimum absolute atomic E-state index is 0.00292. The highest BCUT2D eigenvalue weighted by atomic mass is 16.5. The standard InChI is InChI=1S/C9H16O4/c1-6(10)13-5-9(12)7-3-2-4-8(7)11/h7-9,11-12H,2-5H2,1H3. The Hall–Kier alpha value is -0.610. The molecule has 1 rings (SSSR count). The first kappa shape index (κ1) is 10.5. The van der Waals surface area contributed by atoms with Gasteiger partial charge in [0.1, 0.15) is 6.61 Å². The molecule has 0 aromatic rings. The molecule has 4 heteroatoms. The molecule has 3 unspecified atom stereocenters. The number of hydrogen-bond donors (Lipinski definition) is 2. The molecule has 2 N–H and O–H groups in total. The van der Waals surface area contributed by atoms with Crippen LogP contribution < -0.4 is 0 Å². The molecule has 1 fully saturated rings. The van der Waals surface area contributed by atoms with Crippen molar-refractivity contribution >= 4 is 5.97 Å². The Morgan fingerprint density at radius 3 is 2.77 bits per heavy atom. The van der Waals surface area contributed by atoms with Gasteiger partial charge in [0.05, 0.1) is 12.2 Å². The molecule has 0 aromatic heterocycles. The fourth-order valence-electron chi connectivity index (χ4n) is 1.74. The van der Waals surface area contributed by atoms with E-state index in [1.807, 2.05) is 0 Å². The summed E-state index contributed by atoms with van der Waals surface area (Å²) in [6, 6.07) is 0. The van der Waals surface area contributed by atoms with Crippen LogP contribution in [0.3, 0.4) is 0 Å². The van der Waals surface area contributed by atoms with Gasteiger partial charge >= 0.3 is 5.97 Å². The summed E-state index contributed by atoms with van der Waals surface area (Å²) in [5.41, 5.74) is 0. The van der Waals surface area contributed by atoms with E-state index in [-0.39, 0.29) is 12.5 Å². The van der Waals surface area contributed by atoms with E-state index >= 15 is 0 Å². The quantitative estimate of drug-likeness (QED) is 0.615. The van der Waals surface area contributed by atoms with E-state index in [4.69, 9.17) is 0 Å². The van der Waals surface area contributed by atoms with Gasteiger partial charge in [-0.15, -0.1) is 0 Å². The molecule has 3 atom stereocenters. The van der Waals surface area contributed by atoms with Crippen molar-refractivity contribution in [3.8, 4) is 0 Å². The van der Waals surface area contributed by atoms with Gasteiger partial charge in [0.15, 0.2) is 0 Å². The minimum Gasteiger partial charge on any atom is -0.463 e. The molecule has 1 aliphatic carbocycles. The topological polar surface area (TPSA) is 66.8 Å². The maximum Gasteiger partial charge on any atom is 0.302 e. The van der Waals surface area contributed by atoms with Crippen molar-refractivity contribution in [2.75, 3.05) is 6.61 Å². The van der Waals surface area contributed by atoms with E-state index in [1.54, 1.807) is 0 Å². The van der Waals surface area contributed by atoms with Gasteiger partial charge in [-0.2, -0.15) is 0 Å². The number of aliphatic hydroxyl groups is 2. The number of carbonyl (C=O) groups excluding carboxylic acids is 1. The first-order valence-corrected chi connectivity index (χ1v) is 4.60. The monoisotopic (exact) mass is 188 g/mol. The normalized spacial score (nSPS) is 30.1. The van der Waals surface area contributed by atoms with Crippen LogP contribution in [0.25, 0.3) is 0 Å². The Labute approximate surface area is 77.5 Å². The molecule has 0 bridgehead atoms. The zero-order valence-electron chi connectivity index (χ0n) is 7.77. The van der Waals surface area contributed by atoms with Crippen LogP contribution >= 0.6 is 0 Å². The molecule has 0 aliphatic heterocycles. The number of rotatable bonds is 3. The van der Waals surface area contributed by atoms with Crippen LogP contribution in [0.1, 0.15) is 26.2 Å². The van der Waals surface area contributed by atoms with Gasteiger partial charge in [0.25, 0.3) is 0 Å². The number of esters is 1. The second-order valence-corrected chi connectivity index (χ2v) is 3.53. The molecule has 0 radical (unpaired) electrons. The third-order valence-electron chi connectivity index (χ3n) is 2.48. The van der Waals surface area contributed by atoms with Crippen LogP contribution in [0, 0.1) is 5.92 Å². The van der Waals surface area contributed by atoms with E-state index in [0.29, 0.717) is 0 Å². The first-order chi connectivity index (χ1) is 6.11. The molecular formula is C9H16O4. The SMILES string of the molecule is CC(=O)OCC(O)C1CCCC1O. The highest BCUT2D eigenvalue weighted by Crippen LogP contribution is 2.28. The van der Waals surface area contributed by atoms with E-state index < -0.39 is 18.2 Å². The lowest BCUT2D eigenvalue weighted by atomic mass is 9.99. The smallest absolute Gasteiger partial charge is 0.302 e. The van der Waals surface area contributed by atoms with Crippen LogP contribution in [0.5, 0.6) is 0 Å². The zero-order chi connectivity index (χ0) is 9.84. The number of hydrogen-bond acceptors (Lipinski definition) is 4. The fourth-order valence-corrected chi connectivity index (χ4v) is 1.74. The average molecular weight is 188 g/mol. The molecule has 13 heavy (non-hydrogen) atoms. The molecular weight excluding hydrogens is 172 g/mol. The first-order valence-electron chi connectivity index (χ1n) is 4.60. The molecule has 76 valence electrons. The summed E-state index contributed by atoms with van der Waals surface area (Å²) in [5.74, 6) is -0.522. The lowest BCUT2D eigenvalue weighted by Gasteiger charge is -2.20. The van der Waals surface area contributed by atoms with Crippen LogP contribution in [0.15, 0.2) is 0 Å². The van der Waals surface area contributed by atoms with Gasteiger partial charge in [0.2, 0.25) is 0 Å². The Morgan fingerprint density at radius 1 is 1.62 bits per heavy atom. The molecule has 1 aliphatic rings. The van der Waals surface area contributed by atoms with Crippen molar-refractivity contribution in [3.05, 3.63) is 0 Å². The maximum absolute atomic E-state index is 10.4. The summed E-state index contributed by atoms with van der Waals surface area (Å²) in [6.45, 7) is 1.30. The highest BCUT2D eigenvalue weighted by molar-refractivity contribution is 5.65. The van der Waals surface area contributed by atoms with Crippen LogP contribution in [0.2, 0.25) is 0 Å². The third kappa shape index (κ3) is 2.97. The van der Waals surface area contributed by atoms with Crippen LogP contribution in [0.4, 0.5) is 0 Å². The maximum atomic E-state index is 10.4. The summed E-state index contributed by atoms with van der Waals surface area (Å²) in [4.78, 5) is 10.4. The second kappa shape index (κ2) is 4.58. The number of ether oxygens (including phenoxy) is 1. The lowest BCUT2D eigenvalue weighted by molar-refractivity contribution is -0.145. The summed E-state index contributed by atoms with van der Waals surface area (Å²) in [6.07, 6.45) is 1.32. The Balaban J connectivity index is 2.29. The number of carbonyl (C=O) groups is 1. The average Bonchev–Trinajstić information content (AvgIpc) is 2.47. The van der Waals surface area contributed by atoms with Crippen molar-refractivity contribution in [2.45, 2.75) is 38.4 Å². The van der Waals surface area contributed by atoms with Crippen molar-refractivity contribution in [3.63, 3.8) is 0 Å². The Morgan fingerprint density at radius 2 is 2.31 bits per heavy atom. The van der Waals surface area contributed by atoms with E-state index in [2.05, 4.69) is 4.74 Å². The largest absolute Gasteiger partial charge is 0.463 e. The van der Waals surface area contributed by atoms with Crippen molar-refractivity contribution in [1.82, 2.24) is 0 Å². The molecule has 0 saturated heterocycles. The molecule has 0 spiro atoms. The summed E-state index contributed by atoms with van der Waals surface area (Å²) in [7, 11) is 0. The molecule has 0 heterocycles. The predicted octanol–water partition coefficient (Wildman–Crippen LogP) is 0.0714. The van der Waals surface area contributed by atoms with E-state index in [1.165, 1.54) is 6.92 Å². The molecule has 1 saturated carbocycles. The van der Waals surface area contributed by atoms with Gasteiger partial charge in [-0.3, -0.25) is 4.79 Å². The van der Waals surface area contributed by atoms with Gasteiger partial charge in [-0.05, 0) is 12.8 Å². The second-order valence-electron chi connectivity index (χ2n) is 3.53. The van der Waals surface area contributed by atoms with E-state index in [0.717, 1.165) is 19.3 Å². The summed E-state index contributed by atoms with van der Waals surface area (Å²) in [5, 5.41) is 19.0. The van der Waals surface area contributed by atoms with E-state index in [9.17, 15) is 15.0 Å². The van der Waals surface area contributed by atoms with Gasteiger partial charge in [-0.25, -0.2) is 0 Å². The summed E-state index contributed by atoms with van der Waals surface area (Å²) >= 11 is 0. The van der Waals surface area contributed by atoms with Gasteiger partial charge < -0.3 is 14.9 Å². The number of aliphatic hydroxyl groups excluding tert-OH is 2. The molecule has 0 amide bonds. The minimum atomic E-state index is -0.721. The predicted molar refractivity (Wildman–Crippen MR) is 46.0 cm³/mol. The highest BCUT2D eigenvalue weighted by Gasteiger charge is 2.31. The van der Waals surface area contributed by atoms with Crippen LogP contribution in [-0.4, -0.2) is 35.0 Å². The van der Waals surface area contributed by atoms with Crippen LogP contribution in [-0.2, 0) is 9.53 Å². The Bertz CT molecular complexity index is 180. The van der Waals surface area contributed by atoms with Gasteiger partial charge in [-0.1, -0.05) is 6.42 Å². The molecule has 0 aromatic carbocycles. The van der Waals surface area contributed by atoms with Gasteiger partial charge in [0, 0.05) is 12.8 Å².